The topological polar surface area (TPSA) is 99.9 Å². The van der Waals surface area contributed by atoms with Gasteiger partial charge in [0.1, 0.15) is 12.3 Å². The molecule has 0 spiro atoms. The van der Waals surface area contributed by atoms with Crippen LogP contribution in [0.5, 0.6) is 5.75 Å². The van der Waals surface area contributed by atoms with E-state index >= 15 is 0 Å². The molecule has 33 heavy (non-hydrogen) atoms. The first-order valence-corrected chi connectivity index (χ1v) is 12.0. The van der Waals surface area contributed by atoms with E-state index in [0.717, 1.165) is 44.9 Å². The van der Waals surface area contributed by atoms with Crippen molar-refractivity contribution in [3.05, 3.63) is 23.8 Å². The second-order valence-electron chi connectivity index (χ2n) is 8.48. The third kappa shape index (κ3) is 6.47. The highest BCUT2D eigenvalue weighted by Crippen LogP contribution is 2.34. The largest absolute Gasteiger partial charge is 0.494 e. The molecule has 1 aliphatic heterocycles. The first-order chi connectivity index (χ1) is 16.0. The first kappa shape index (κ1) is 24.6. The number of hydrogen-bond donors (Lipinski definition) is 0. The summed E-state index contributed by atoms with van der Waals surface area (Å²) in [6, 6.07) is 7.49. The molecule has 2 amide bonds. The van der Waals surface area contributed by atoms with Crippen LogP contribution < -0.4 is 9.64 Å². The van der Waals surface area contributed by atoms with Gasteiger partial charge >= 0.3 is 5.97 Å². The van der Waals surface area contributed by atoms with E-state index in [1.54, 1.807) is 30.0 Å². The molecule has 1 fully saturated rings. The molecule has 0 unspecified atom stereocenters. The fourth-order valence-electron chi connectivity index (χ4n) is 4.48. The number of hydrogen-bond acceptors (Lipinski definition) is 6. The lowest BCUT2D eigenvalue weighted by atomic mass is 9.93. The zero-order valence-electron chi connectivity index (χ0n) is 19.4. The van der Waals surface area contributed by atoms with Gasteiger partial charge < -0.3 is 19.3 Å². The molecule has 0 atom stereocenters. The van der Waals surface area contributed by atoms with Gasteiger partial charge in [-0.15, -0.1) is 0 Å². The second-order valence-corrected chi connectivity index (χ2v) is 8.48. The van der Waals surface area contributed by atoms with E-state index in [-0.39, 0.29) is 49.9 Å². The summed E-state index contributed by atoms with van der Waals surface area (Å²) in [4.78, 5) is 41.9. The van der Waals surface area contributed by atoms with Crippen LogP contribution in [0.3, 0.4) is 0 Å². The van der Waals surface area contributed by atoms with Crippen molar-refractivity contribution >= 4 is 23.5 Å². The number of ether oxygens (including phenoxy) is 2. The van der Waals surface area contributed by atoms with Crippen molar-refractivity contribution in [1.29, 1.82) is 5.26 Å². The SMILES string of the molecule is CCOC(=O)CCN1CC(=O)N(C2CCCCC2)c2ccc(OCCCCC#N)cc2C1=O. The van der Waals surface area contributed by atoms with Gasteiger partial charge in [0.25, 0.3) is 5.91 Å². The Labute approximate surface area is 195 Å². The predicted molar refractivity (Wildman–Crippen MR) is 123 cm³/mol. The van der Waals surface area contributed by atoms with Gasteiger partial charge in [-0.1, -0.05) is 19.3 Å². The summed E-state index contributed by atoms with van der Waals surface area (Å²) < 4.78 is 10.8. The van der Waals surface area contributed by atoms with Crippen LogP contribution in [-0.2, 0) is 14.3 Å². The lowest BCUT2D eigenvalue weighted by Gasteiger charge is -2.34. The molecule has 1 aromatic carbocycles. The number of benzene rings is 1. The van der Waals surface area contributed by atoms with Gasteiger partial charge in [0, 0.05) is 19.0 Å². The van der Waals surface area contributed by atoms with Crippen LogP contribution in [-0.4, -0.2) is 55.0 Å². The van der Waals surface area contributed by atoms with Gasteiger partial charge in [0.2, 0.25) is 5.91 Å². The van der Waals surface area contributed by atoms with E-state index < -0.39 is 0 Å². The fraction of sp³-hybridized carbons (Fsp3) is 0.600. The number of esters is 1. The molecule has 1 aromatic rings. The lowest BCUT2D eigenvalue weighted by molar-refractivity contribution is -0.143. The summed E-state index contributed by atoms with van der Waals surface area (Å²) in [6.07, 6.45) is 7.15. The summed E-state index contributed by atoms with van der Waals surface area (Å²) in [6.45, 7) is 2.53. The molecule has 8 heteroatoms. The van der Waals surface area contributed by atoms with Crippen molar-refractivity contribution in [3.8, 4) is 11.8 Å². The summed E-state index contributed by atoms with van der Waals surface area (Å²) >= 11 is 0. The van der Waals surface area contributed by atoms with Gasteiger partial charge in [0.15, 0.2) is 0 Å². The van der Waals surface area contributed by atoms with Gasteiger partial charge in [-0.3, -0.25) is 14.4 Å². The van der Waals surface area contributed by atoms with Crippen molar-refractivity contribution in [2.24, 2.45) is 0 Å². The highest BCUT2D eigenvalue weighted by atomic mass is 16.5. The van der Waals surface area contributed by atoms with E-state index in [9.17, 15) is 14.4 Å². The molecule has 2 aliphatic rings. The molecule has 178 valence electrons. The number of nitriles is 1. The van der Waals surface area contributed by atoms with Crippen molar-refractivity contribution in [3.63, 3.8) is 0 Å². The van der Waals surface area contributed by atoms with Crippen LogP contribution in [0.2, 0.25) is 0 Å². The summed E-state index contributed by atoms with van der Waals surface area (Å²) in [5.41, 5.74) is 1.04. The zero-order valence-corrected chi connectivity index (χ0v) is 19.4. The Bertz CT molecular complexity index is 889. The molecule has 1 aliphatic carbocycles. The molecule has 0 N–H and O–H groups in total. The van der Waals surface area contributed by atoms with Crippen LogP contribution in [0, 0.1) is 11.3 Å². The zero-order chi connectivity index (χ0) is 23.6. The maximum atomic E-state index is 13.5. The van der Waals surface area contributed by atoms with Crippen LogP contribution in [0.1, 0.15) is 75.1 Å². The standard InChI is InChI=1S/C25H33N3O5/c1-2-32-24(30)13-15-27-18-23(29)28(19-9-5-3-6-10-19)22-12-11-20(17-21(22)25(27)31)33-16-8-4-7-14-26/h11-12,17,19H,2-10,13,15-16,18H2,1H3. The van der Waals surface area contributed by atoms with E-state index in [2.05, 4.69) is 6.07 Å². The predicted octanol–water partition coefficient (Wildman–Crippen LogP) is 3.83. The molecule has 8 nitrogen and oxygen atoms in total. The molecule has 0 bridgehead atoms. The van der Waals surface area contributed by atoms with E-state index in [1.165, 1.54) is 4.90 Å². The molecular formula is C25H33N3O5. The molecule has 0 radical (unpaired) electrons. The van der Waals surface area contributed by atoms with Crippen LogP contribution in [0.25, 0.3) is 0 Å². The fourth-order valence-corrected chi connectivity index (χ4v) is 4.48. The molecule has 1 heterocycles. The number of amides is 2. The van der Waals surface area contributed by atoms with Crippen molar-refractivity contribution < 1.29 is 23.9 Å². The Morgan fingerprint density at radius 2 is 1.97 bits per heavy atom. The smallest absolute Gasteiger partial charge is 0.307 e. The number of anilines is 1. The monoisotopic (exact) mass is 455 g/mol. The number of fused-ring (bicyclic) bond motifs is 1. The average molecular weight is 456 g/mol. The maximum absolute atomic E-state index is 13.5. The lowest BCUT2D eigenvalue weighted by Crippen LogP contribution is -2.45. The van der Waals surface area contributed by atoms with Gasteiger partial charge in [-0.25, -0.2) is 0 Å². The van der Waals surface area contributed by atoms with E-state index in [4.69, 9.17) is 14.7 Å². The molecular weight excluding hydrogens is 422 g/mol. The highest BCUT2D eigenvalue weighted by Gasteiger charge is 2.36. The molecule has 0 saturated heterocycles. The van der Waals surface area contributed by atoms with Gasteiger partial charge in [-0.2, -0.15) is 5.26 Å². The van der Waals surface area contributed by atoms with Crippen molar-refractivity contribution in [2.75, 3.05) is 31.2 Å². The molecule has 1 saturated carbocycles. The van der Waals surface area contributed by atoms with Crippen LogP contribution >= 0.6 is 0 Å². The van der Waals surface area contributed by atoms with Gasteiger partial charge in [0.05, 0.1) is 37.0 Å². The quantitative estimate of drug-likeness (QED) is 0.393. The molecule has 0 aromatic heterocycles. The van der Waals surface area contributed by atoms with Crippen molar-refractivity contribution in [1.82, 2.24) is 4.90 Å². The third-order valence-corrected chi connectivity index (χ3v) is 6.12. The Morgan fingerprint density at radius 1 is 1.18 bits per heavy atom. The molecule has 3 rings (SSSR count). The summed E-state index contributed by atoms with van der Waals surface area (Å²) in [5.74, 6) is -0.234. The van der Waals surface area contributed by atoms with E-state index in [1.807, 2.05) is 0 Å². The minimum absolute atomic E-state index is 0.0424. The van der Waals surface area contributed by atoms with Gasteiger partial charge in [-0.05, 0) is 50.8 Å². The van der Waals surface area contributed by atoms with Crippen LogP contribution in [0.15, 0.2) is 18.2 Å². The Hall–Kier alpha value is -3.08. The number of rotatable bonds is 10. The number of unbranched alkanes of at least 4 members (excludes halogenated alkanes) is 2. The normalized spacial score (nSPS) is 16.7. The number of carbonyl (C=O) groups is 3. The average Bonchev–Trinajstić information content (AvgIpc) is 2.92. The summed E-state index contributed by atoms with van der Waals surface area (Å²) in [5, 5.41) is 8.66. The minimum atomic E-state index is -0.388. The van der Waals surface area contributed by atoms with Crippen molar-refractivity contribution in [2.45, 2.75) is 70.8 Å². The van der Waals surface area contributed by atoms with Crippen LogP contribution in [0.4, 0.5) is 5.69 Å². The third-order valence-electron chi connectivity index (χ3n) is 6.12. The maximum Gasteiger partial charge on any atom is 0.307 e. The first-order valence-electron chi connectivity index (χ1n) is 12.0. The Morgan fingerprint density at radius 3 is 2.70 bits per heavy atom. The van der Waals surface area contributed by atoms with E-state index in [0.29, 0.717) is 30.0 Å². The number of nitrogens with zero attached hydrogens (tertiary/aromatic N) is 3. The Balaban J connectivity index is 1.85. The minimum Gasteiger partial charge on any atom is -0.494 e. The summed E-state index contributed by atoms with van der Waals surface area (Å²) in [7, 11) is 0. The second kappa shape index (κ2) is 12.2. The number of carbonyl (C=O) groups excluding carboxylic acids is 3. The highest BCUT2D eigenvalue weighted by molar-refractivity contribution is 6.10. The Kier molecular flexibility index (Phi) is 9.11.